The number of halogens is 1. The molecule has 0 saturated heterocycles. The zero-order valence-corrected chi connectivity index (χ0v) is 15.0. The monoisotopic (exact) mass is 400 g/mol. The molecule has 0 aliphatic carbocycles. The van der Waals surface area contributed by atoms with Gasteiger partial charge in [0.1, 0.15) is 5.75 Å². The minimum Gasteiger partial charge on any atom is -0.492 e. The van der Waals surface area contributed by atoms with E-state index < -0.39 is 0 Å². The summed E-state index contributed by atoms with van der Waals surface area (Å²) >= 11 is 4.75. The van der Waals surface area contributed by atoms with Crippen LogP contribution in [-0.2, 0) is 0 Å². The van der Waals surface area contributed by atoms with Gasteiger partial charge >= 0.3 is 0 Å². The highest BCUT2D eigenvalue weighted by atomic mass is 79.9. The number of imidazole rings is 1. The number of fused-ring (bicyclic) bond motifs is 3. The molecular weight excluding hydrogens is 388 g/mol. The van der Waals surface area contributed by atoms with Gasteiger partial charge in [-0.3, -0.25) is 4.79 Å². The molecule has 2 aromatic carbocycles. The third-order valence-electron chi connectivity index (χ3n) is 3.69. The van der Waals surface area contributed by atoms with E-state index in [-0.39, 0.29) is 5.56 Å². The van der Waals surface area contributed by atoms with Gasteiger partial charge in [-0.15, -0.1) is 0 Å². The van der Waals surface area contributed by atoms with E-state index in [0.717, 1.165) is 27.7 Å². The summed E-state index contributed by atoms with van der Waals surface area (Å²) in [6.07, 6.45) is 1.88. The highest BCUT2D eigenvalue weighted by Gasteiger charge is 2.11. The molecule has 6 heteroatoms. The van der Waals surface area contributed by atoms with Crippen molar-refractivity contribution in [3.05, 3.63) is 69.0 Å². The number of para-hydroxylation sites is 3. The van der Waals surface area contributed by atoms with Crippen molar-refractivity contribution < 1.29 is 4.74 Å². The Hall–Kier alpha value is -2.18. The average molecular weight is 401 g/mol. The van der Waals surface area contributed by atoms with Crippen molar-refractivity contribution >= 4 is 49.3 Å². The first kappa shape index (κ1) is 15.4. The quantitative estimate of drug-likeness (QED) is 0.494. The lowest BCUT2D eigenvalue weighted by atomic mass is 10.2. The van der Waals surface area contributed by atoms with Gasteiger partial charge in [-0.1, -0.05) is 57.6 Å². The van der Waals surface area contributed by atoms with Crippen LogP contribution >= 0.6 is 27.3 Å². The molecule has 24 heavy (non-hydrogen) atoms. The van der Waals surface area contributed by atoms with Gasteiger partial charge in [0, 0.05) is 10.9 Å². The zero-order valence-electron chi connectivity index (χ0n) is 12.6. The van der Waals surface area contributed by atoms with E-state index in [1.54, 1.807) is 4.40 Å². The fourth-order valence-electron chi connectivity index (χ4n) is 2.63. The molecule has 2 aromatic heterocycles. The smallest absolute Gasteiger partial charge is 0.274 e. The van der Waals surface area contributed by atoms with E-state index in [1.165, 1.54) is 11.3 Å². The minimum absolute atomic E-state index is 0.0426. The second-order valence-electron chi connectivity index (χ2n) is 5.21. The summed E-state index contributed by atoms with van der Waals surface area (Å²) < 4.78 is 8.05. The van der Waals surface area contributed by atoms with E-state index in [9.17, 15) is 4.79 Å². The van der Waals surface area contributed by atoms with Crippen molar-refractivity contribution in [2.45, 2.75) is 0 Å². The summed E-state index contributed by atoms with van der Waals surface area (Å²) in [5, 5.41) is 0.757. The molecule has 0 amide bonds. The first-order valence-electron chi connectivity index (χ1n) is 7.47. The summed E-state index contributed by atoms with van der Waals surface area (Å²) in [5.41, 5.74) is 2.54. The Morgan fingerprint density at radius 1 is 1.17 bits per heavy atom. The van der Waals surface area contributed by atoms with Crippen LogP contribution in [0.25, 0.3) is 22.1 Å². The summed E-state index contributed by atoms with van der Waals surface area (Å²) in [6.45, 7) is 0.577. The van der Waals surface area contributed by atoms with Gasteiger partial charge in [0.15, 0.2) is 4.96 Å². The lowest BCUT2D eigenvalue weighted by Crippen LogP contribution is -2.22. The Bertz CT molecular complexity index is 1130. The number of hydrogen-bond acceptors (Lipinski definition) is 4. The van der Waals surface area contributed by atoms with Gasteiger partial charge in [-0.2, -0.15) is 0 Å². The molecule has 0 bridgehead atoms. The van der Waals surface area contributed by atoms with Crippen molar-refractivity contribution in [3.8, 4) is 5.75 Å². The Balaban J connectivity index is 1.90. The fraction of sp³-hybridized carbons (Fsp3) is 0.111. The van der Waals surface area contributed by atoms with Crippen LogP contribution in [0.4, 0.5) is 0 Å². The average Bonchev–Trinajstić information content (AvgIpc) is 3.11. The molecule has 0 N–H and O–H groups in total. The van der Waals surface area contributed by atoms with Gasteiger partial charge in [0.2, 0.25) is 0 Å². The van der Waals surface area contributed by atoms with Crippen LogP contribution in [0.2, 0.25) is 0 Å². The number of hydrogen-bond donors (Lipinski definition) is 0. The van der Waals surface area contributed by atoms with Crippen molar-refractivity contribution in [3.63, 3.8) is 0 Å². The third-order valence-corrected chi connectivity index (χ3v) is 4.98. The van der Waals surface area contributed by atoms with Crippen LogP contribution in [0, 0.1) is 0 Å². The van der Waals surface area contributed by atoms with Gasteiger partial charge in [-0.25, -0.2) is 9.38 Å². The Morgan fingerprint density at radius 3 is 2.83 bits per heavy atom. The first-order valence-corrected chi connectivity index (χ1v) is 9.41. The number of nitrogens with zero attached hydrogens (tertiary/aromatic N) is 2. The van der Waals surface area contributed by atoms with E-state index in [0.29, 0.717) is 16.1 Å². The summed E-state index contributed by atoms with van der Waals surface area (Å²) in [5.74, 6) is 0.771. The van der Waals surface area contributed by atoms with Crippen molar-refractivity contribution in [2.24, 2.45) is 0 Å². The molecule has 0 atom stereocenters. The van der Waals surface area contributed by atoms with Crippen LogP contribution in [0.3, 0.4) is 0 Å². The van der Waals surface area contributed by atoms with Crippen LogP contribution in [0.1, 0.15) is 5.56 Å². The normalized spacial score (nSPS) is 12.3. The van der Waals surface area contributed by atoms with Crippen LogP contribution in [0.5, 0.6) is 5.75 Å². The number of ether oxygens (including phenoxy) is 1. The lowest BCUT2D eigenvalue weighted by Gasteiger charge is -2.06. The Kier molecular flexibility index (Phi) is 4.08. The van der Waals surface area contributed by atoms with Crippen molar-refractivity contribution in [1.29, 1.82) is 0 Å². The SMILES string of the molecule is O=c1/c(=C/c2ccccc2OCCBr)sc2nc3ccccc3n12. The Labute approximate surface area is 150 Å². The maximum atomic E-state index is 12.8. The highest BCUT2D eigenvalue weighted by Crippen LogP contribution is 2.20. The summed E-state index contributed by atoms with van der Waals surface area (Å²) in [7, 11) is 0. The predicted molar refractivity (Wildman–Crippen MR) is 101 cm³/mol. The van der Waals surface area contributed by atoms with Gasteiger partial charge in [-0.05, 0) is 24.3 Å². The number of alkyl halides is 1. The molecule has 120 valence electrons. The van der Waals surface area contributed by atoms with Crippen LogP contribution in [-0.4, -0.2) is 21.3 Å². The number of benzene rings is 2. The Morgan fingerprint density at radius 2 is 1.96 bits per heavy atom. The van der Waals surface area contributed by atoms with E-state index in [2.05, 4.69) is 20.9 Å². The standard InChI is InChI=1S/C18H13BrN2O2S/c19-9-10-23-15-8-4-1-5-12(15)11-16-17(22)21-14-7-3-2-6-13(14)20-18(21)24-16/h1-8,11H,9-10H2/b16-11-. The predicted octanol–water partition coefficient (Wildman–Crippen LogP) is 3.23. The van der Waals surface area contributed by atoms with Gasteiger partial charge in [0.05, 0.1) is 22.2 Å². The summed E-state index contributed by atoms with van der Waals surface area (Å²) in [6, 6.07) is 15.4. The molecular formula is C18H13BrN2O2S. The van der Waals surface area contributed by atoms with E-state index >= 15 is 0 Å². The fourth-order valence-corrected chi connectivity index (χ4v) is 3.77. The molecule has 4 aromatic rings. The van der Waals surface area contributed by atoms with Crippen molar-refractivity contribution in [2.75, 3.05) is 11.9 Å². The molecule has 0 unspecified atom stereocenters. The largest absolute Gasteiger partial charge is 0.492 e. The summed E-state index contributed by atoms with van der Waals surface area (Å²) in [4.78, 5) is 18.0. The number of thiazole rings is 1. The molecule has 0 spiro atoms. The molecule has 0 fully saturated rings. The van der Waals surface area contributed by atoms with Crippen LogP contribution < -0.4 is 14.8 Å². The van der Waals surface area contributed by atoms with Crippen molar-refractivity contribution in [1.82, 2.24) is 9.38 Å². The van der Waals surface area contributed by atoms with E-state index in [4.69, 9.17) is 4.74 Å². The second kappa shape index (κ2) is 6.37. The van der Waals surface area contributed by atoms with Crippen LogP contribution in [0.15, 0.2) is 53.3 Å². The maximum Gasteiger partial charge on any atom is 0.274 e. The molecule has 0 aliphatic heterocycles. The molecule has 0 aliphatic rings. The first-order chi connectivity index (χ1) is 11.8. The second-order valence-corrected chi connectivity index (χ2v) is 7.01. The zero-order chi connectivity index (χ0) is 16.5. The molecule has 0 radical (unpaired) electrons. The molecule has 4 nitrogen and oxygen atoms in total. The molecule has 2 heterocycles. The maximum absolute atomic E-state index is 12.8. The number of aromatic nitrogens is 2. The topological polar surface area (TPSA) is 43.6 Å². The molecule has 4 rings (SSSR count). The van der Waals surface area contributed by atoms with Gasteiger partial charge in [0.25, 0.3) is 5.56 Å². The third kappa shape index (κ3) is 2.61. The number of rotatable bonds is 4. The van der Waals surface area contributed by atoms with E-state index in [1.807, 2.05) is 54.6 Å². The highest BCUT2D eigenvalue weighted by molar-refractivity contribution is 9.09. The van der Waals surface area contributed by atoms with Gasteiger partial charge < -0.3 is 4.74 Å². The minimum atomic E-state index is -0.0426. The molecule has 0 saturated carbocycles. The lowest BCUT2D eigenvalue weighted by molar-refractivity contribution is 0.344.